The van der Waals surface area contributed by atoms with Gasteiger partial charge in [-0.05, 0) is 92.8 Å². The Kier molecular flexibility index (Phi) is 9.58. The molecule has 0 aromatic heterocycles. The van der Waals surface area contributed by atoms with E-state index in [2.05, 4.69) is 5.32 Å². The summed E-state index contributed by atoms with van der Waals surface area (Å²) in [6, 6.07) is 8.54. The molecule has 2 aromatic carbocycles. The van der Waals surface area contributed by atoms with Gasteiger partial charge in [0.1, 0.15) is 5.60 Å². The number of nitrogens with one attached hydrogen (secondary N) is 1. The van der Waals surface area contributed by atoms with Crippen molar-refractivity contribution in [2.24, 2.45) is 0 Å². The van der Waals surface area contributed by atoms with Gasteiger partial charge in [-0.3, -0.25) is 9.69 Å². The van der Waals surface area contributed by atoms with E-state index in [1.807, 2.05) is 31.2 Å². The van der Waals surface area contributed by atoms with Crippen molar-refractivity contribution in [1.82, 2.24) is 15.1 Å². The molecule has 0 bridgehead atoms. The first-order chi connectivity index (χ1) is 20.8. The van der Waals surface area contributed by atoms with Gasteiger partial charge in [-0.25, -0.2) is 4.79 Å². The van der Waals surface area contributed by atoms with Gasteiger partial charge in [-0.15, -0.1) is 0 Å². The Hall–Kier alpha value is -4.06. The predicted octanol–water partition coefficient (Wildman–Crippen LogP) is 7.50. The molecule has 6 nitrogen and oxygen atoms in total. The van der Waals surface area contributed by atoms with Crippen molar-refractivity contribution >= 4 is 17.6 Å². The van der Waals surface area contributed by atoms with E-state index >= 15 is 0 Å². The third-order valence-electron chi connectivity index (χ3n) is 7.33. The minimum absolute atomic E-state index is 0.0474. The molecule has 2 aromatic rings. The van der Waals surface area contributed by atoms with Crippen molar-refractivity contribution < 1.29 is 40.7 Å². The summed E-state index contributed by atoms with van der Waals surface area (Å²) in [6.07, 6.45) is -6.46. The molecule has 2 heterocycles. The molecule has 12 heteroatoms. The molecule has 0 atom stereocenters. The molecule has 0 aliphatic carbocycles. The zero-order valence-corrected chi connectivity index (χ0v) is 25.6. The average Bonchev–Trinajstić information content (AvgIpc) is 2.95. The lowest BCUT2D eigenvalue weighted by molar-refractivity contribution is -0.143. The normalized spacial score (nSPS) is 16.3. The molecule has 1 N–H and O–H groups in total. The molecule has 242 valence electrons. The lowest BCUT2D eigenvalue weighted by Gasteiger charge is -2.36. The number of amides is 2. The van der Waals surface area contributed by atoms with Crippen LogP contribution in [-0.4, -0.2) is 54.1 Å². The third kappa shape index (κ3) is 8.16. The minimum Gasteiger partial charge on any atom is -0.443 e. The van der Waals surface area contributed by atoms with E-state index in [9.17, 15) is 35.9 Å². The molecule has 0 saturated carbocycles. The maximum atomic E-state index is 14.1. The average molecular weight is 636 g/mol. The molecule has 2 amide bonds. The summed E-state index contributed by atoms with van der Waals surface area (Å²) in [5.41, 5.74) is -0.553. The molecule has 4 rings (SSSR count). The smallest absolute Gasteiger partial charge is 0.416 e. The van der Waals surface area contributed by atoms with Crippen molar-refractivity contribution in [2.75, 3.05) is 26.7 Å². The number of halogens is 6. The van der Waals surface area contributed by atoms with Gasteiger partial charge in [0.2, 0.25) is 0 Å². The molecule has 0 spiro atoms. The number of likely N-dealkylation sites (N-methyl/N-ethyl adjacent to an activating group) is 1. The number of alkyl halides is 6. The second kappa shape index (κ2) is 12.7. The van der Waals surface area contributed by atoms with E-state index in [0.717, 1.165) is 16.0 Å². The second-order valence-corrected chi connectivity index (χ2v) is 12.1. The van der Waals surface area contributed by atoms with Crippen LogP contribution in [0.1, 0.15) is 55.0 Å². The van der Waals surface area contributed by atoms with E-state index in [4.69, 9.17) is 4.74 Å². The Bertz CT molecular complexity index is 1530. The number of aryl methyl sites for hydroxylation is 1. The fourth-order valence-electron chi connectivity index (χ4n) is 5.22. The van der Waals surface area contributed by atoms with E-state index < -0.39 is 47.6 Å². The van der Waals surface area contributed by atoms with Gasteiger partial charge < -0.3 is 15.0 Å². The maximum Gasteiger partial charge on any atom is 0.416 e. The van der Waals surface area contributed by atoms with Crippen LogP contribution in [0.25, 0.3) is 5.57 Å². The van der Waals surface area contributed by atoms with Crippen molar-refractivity contribution in [3.05, 3.63) is 99.3 Å². The maximum absolute atomic E-state index is 14.1. The molecule has 0 saturated heterocycles. The number of nitrogens with zero attached hydrogens (tertiary/aromatic N) is 2. The van der Waals surface area contributed by atoms with Gasteiger partial charge in [-0.1, -0.05) is 30.3 Å². The standard InChI is InChI=1S/C33H35F6N3O3/c1-20-8-6-7-9-25(20)26-17-28(22-10-12-40-13-11-22)42(30(44)45-31(2,3)4)19-27(26)29(43)41(5)18-21-14-23(32(34,35)36)16-24(15-21)33(37,38)39/h6-10,14-17,40H,11-13,18-19H2,1-5H3. The van der Waals surface area contributed by atoms with Crippen molar-refractivity contribution in [3.8, 4) is 0 Å². The summed E-state index contributed by atoms with van der Waals surface area (Å²) >= 11 is 0. The SMILES string of the molecule is Cc1ccccc1C1=C(C(=O)N(C)Cc2cc(C(F)(F)F)cc(C(F)(F)F)c2)CN(C(=O)OC(C)(C)C)C(C2=CCNCC2)=C1. The lowest BCUT2D eigenvalue weighted by atomic mass is 9.89. The largest absolute Gasteiger partial charge is 0.443 e. The van der Waals surface area contributed by atoms with Crippen molar-refractivity contribution in [3.63, 3.8) is 0 Å². The Morgan fingerprint density at radius 2 is 1.60 bits per heavy atom. The fourth-order valence-corrected chi connectivity index (χ4v) is 5.22. The Morgan fingerprint density at radius 3 is 2.13 bits per heavy atom. The molecule has 2 aliphatic heterocycles. The van der Waals surface area contributed by atoms with Crippen LogP contribution in [0.5, 0.6) is 0 Å². The summed E-state index contributed by atoms with van der Waals surface area (Å²) in [4.78, 5) is 30.0. The van der Waals surface area contributed by atoms with E-state index in [1.165, 1.54) is 11.9 Å². The van der Waals surface area contributed by atoms with Crippen LogP contribution < -0.4 is 5.32 Å². The van der Waals surface area contributed by atoms with Crippen LogP contribution in [0, 0.1) is 6.92 Å². The van der Waals surface area contributed by atoms with Gasteiger partial charge >= 0.3 is 18.4 Å². The highest BCUT2D eigenvalue weighted by molar-refractivity contribution is 6.05. The number of hydrogen-bond donors (Lipinski definition) is 1. The first kappa shape index (κ1) is 33.8. The van der Waals surface area contributed by atoms with Crippen LogP contribution in [0.15, 0.2) is 71.5 Å². The molecular weight excluding hydrogens is 600 g/mol. The molecule has 0 unspecified atom stereocenters. The van der Waals surface area contributed by atoms with Crippen molar-refractivity contribution in [2.45, 2.75) is 58.6 Å². The number of benzene rings is 2. The predicted molar refractivity (Wildman–Crippen MR) is 158 cm³/mol. The van der Waals surface area contributed by atoms with Crippen LogP contribution in [0.2, 0.25) is 0 Å². The summed E-state index contributed by atoms with van der Waals surface area (Å²) in [5, 5.41) is 3.23. The van der Waals surface area contributed by atoms with Crippen LogP contribution in [0.4, 0.5) is 31.1 Å². The molecule has 0 fully saturated rings. The number of rotatable bonds is 5. The fraction of sp³-hybridized carbons (Fsp3) is 0.394. The summed E-state index contributed by atoms with van der Waals surface area (Å²) < 4.78 is 86.7. The first-order valence-electron chi connectivity index (χ1n) is 14.3. The van der Waals surface area contributed by atoms with Crippen molar-refractivity contribution in [1.29, 1.82) is 0 Å². The number of ether oxygens (including phenoxy) is 1. The summed E-state index contributed by atoms with van der Waals surface area (Å²) in [6.45, 7) is 7.45. The number of carbonyl (C=O) groups is 2. The molecule has 45 heavy (non-hydrogen) atoms. The van der Waals surface area contributed by atoms with Gasteiger partial charge in [0.05, 0.1) is 23.4 Å². The van der Waals surface area contributed by atoms with Crippen LogP contribution >= 0.6 is 0 Å². The monoisotopic (exact) mass is 635 g/mol. The van der Waals surface area contributed by atoms with Gasteiger partial charge in [0, 0.05) is 25.7 Å². The van der Waals surface area contributed by atoms with E-state index in [1.54, 1.807) is 32.9 Å². The van der Waals surface area contributed by atoms with E-state index in [-0.39, 0.29) is 23.7 Å². The highest BCUT2D eigenvalue weighted by atomic mass is 19.4. The minimum atomic E-state index is -5.03. The zero-order valence-electron chi connectivity index (χ0n) is 25.6. The third-order valence-corrected chi connectivity index (χ3v) is 7.33. The number of carbonyl (C=O) groups excluding carboxylic acids is 2. The Morgan fingerprint density at radius 1 is 0.978 bits per heavy atom. The second-order valence-electron chi connectivity index (χ2n) is 12.1. The van der Waals surface area contributed by atoms with Crippen LogP contribution in [0.3, 0.4) is 0 Å². The molecule has 2 aliphatic rings. The van der Waals surface area contributed by atoms with Gasteiger partial charge in [0.25, 0.3) is 5.91 Å². The number of hydrogen-bond acceptors (Lipinski definition) is 4. The highest BCUT2D eigenvalue weighted by Crippen LogP contribution is 2.38. The van der Waals surface area contributed by atoms with Gasteiger partial charge in [0.15, 0.2) is 0 Å². The van der Waals surface area contributed by atoms with E-state index in [0.29, 0.717) is 48.5 Å². The summed E-state index contributed by atoms with van der Waals surface area (Å²) in [5.74, 6) is -0.664. The topological polar surface area (TPSA) is 61.9 Å². The Labute approximate surface area is 258 Å². The number of allylic oxidation sites excluding steroid dienone is 3. The molecular formula is C33H35F6N3O3. The zero-order chi connectivity index (χ0) is 33.3. The first-order valence-corrected chi connectivity index (χ1v) is 14.3. The highest BCUT2D eigenvalue weighted by Gasteiger charge is 2.38. The molecule has 0 radical (unpaired) electrons. The summed E-state index contributed by atoms with van der Waals surface area (Å²) in [7, 11) is 1.30. The van der Waals surface area contributed by atoms with Gasteiger partial charge in [-0.2, -0.15) is 26.3 Å². The van der Waals surface area contributed by atoms with Crippen LogP contribution in [-0.2, 0) is 28.4 Å². The lowest BCUT2D eigenvalue weighted by Crippen LogP contribution is -2.43. The Balaban J connectivity index is 1.83. The quantitative estimate of drug-likeness (QED) is 0.346.